The molecule has 31 heavy (non-hydrogen) atoms. The smallest absolute Gasteiger partial charge is 0.0994 e. The van der Waals surface area contributed by atoms with Crippen LogP contribution in [0.1, 0.15) is 62.3 Å². The highest BCUT2D eigenvalue weighted by Crippen LogP contribution is 2.43. The minimum atomic E-state index is -0.168. The van der Waals surface area contributed by atoms with Crippen LogP contribution in [0.3, 0.4) is 0 Å². The number of aliphatic hydroxyl groups is 1. The third-order valence-electron chi connectivity index (χ3n) is 7.24. The molecule has 1 aromatic heterocycles. The quantitative estimate of drug-likeness (QED) is 0.545. The Bertz CT molecular complexity index is 1190. The number of hydrogen-bond acceptors (Lipinski definition) is 3. The lowest BCUT2D eigenvalue weighted by Crippen LogP contribution is -2.30. The maximum Gasteiger partial charge on any atom is 0.0994 e. The average Bonchev–Trinajstić information content (AvgIpc) is 3.10. The fourth-order valence-electron chi connectivity index (χ4n) is 5.44. The third-order valence-corrected chi connectivity index (χ3v) is 7.24. The number of rotatable bonds is 2. The lowest BCUT2D eigenvalue weighted by Gasteiger charge is -2.33. The SMILES string of the molecule is Cc1cc2c(cc1C#N)c(-c1cccc3c1CC(C)(C)CN3)cn2[C@H]1CC[C@@H](O)CC1. The first-order chi connectivity index (χ1) is 14.9. The summed E-state index contributed by atoms with van der Waals surface area (Å²) in [6, 6.07) is 13.6. The van der Waals surface area contributed by atoms with Crippen molar-refractivity contribution in [1.82, 2.24) is 4.57 Å². The molecular formula is C27H31N3O. The minimum absolute atomic E-state index is 0.168. The molecule has 0 spiro atoms. The van der Waals surface area contributed by atoms with Gasteiger partial charge >= 0.3 is 0 Å². The number of benzene rings is 2. The molecule has 0 bridgehead atoms. The number of nitrogens with zero attached hydrogens (tertiary/aromatic N) is 2. The summed E-state index contributed by atoms with van der Waals surface area (Å²) in [7, 11) is 0. The van der Waals surface area contributed by atoms with Gasteiger partial charge in [-0.2, -0.15) is 5.26 Å². The Morgan fingerprint density at radius 2 is 1.90 bits per heavy atom. The Labute approximate surface area is 184 Å². The molecule has 0 amide bonds. The van der Waals surface area contributed by atoms with Crippen molar-refractivity contribution in [3.05, 3.63) is 53.2 Å². The lowest BCUT2D eigenvalue weighted by atomic mass is 9.79. The first kappa shape index (κ1) is 20.2. The van der Waals surface area contributed by atoms with E-state index in [-0.39, 0.29) is 11.5 Å². The topological polar surface area (TPSA) is 61.0 Å². The normalized spacial score (nSPS) is 22.5. The first-order valence-electron chi connectivity index (χ1n) is 11.5. The first-order valence-corrected chi connectivity index (χ1v) is 11.5. The molecule has 1 fully saturated rings. The Kier molecular flexibility index (Phi) is 4.83. The third kappa shape index (κ3) is 3.51. The highest BCUT2D eigenvalue weighted by molar-refractivity contribution is 5.99. The molecule has 0 radical (unpaired) electrons. The number of fused-ring (bicyclic) bond motifs is 2. The number of nitriles is 1. The molecule has 5 rings (SSSR count). The van der Waals surface area contributed by atoms with Crippen molar-refractivity contribution in [2.75, 3.05) is 11.9 Å². The van der Waals surface area contributed by atoms with E-state index < -0.39 is 0 Å². The van der Waals surface area contributed by atoms with Crippen LogP contribution in [-0.2, 0) is 6.42 Å². The second kappa shape index (κ2) is 7.43. The summed E-state index contributed by atoms with van der Waals surface area (Å²) in [5.74, 6) is 0. The van der Waals surface area contributed by atoms with Gasteiger partial charge in [0.2, 0.25) is 0 Å². The van der Waals surface area contributed by atoms with Gasteiger partial charge in [0, 0.05) is 40.9 Å². The number of anilines is 1. The van der Waals surface area contributed by atoms with E-state index in [2.05, 4.69) is 66.3 Å². The number of aliphatic hydroxyl groups excluding tert-OH is 1. The van der Waals surface area contributed by atoms with Gasteiger partial charge in [-0.25, -0.2) is 0 Å². The van der Waals surface area contributed by atoms with Crippen LogP contribution in [-0.4, -0.2) is 22.3 Å². The molecule has 2 heterocycles. The summed E-state index contributed by atoms with van der Waals surface area (Å²) < 4.78 is 2.42. The Balaban J connectivity index is 1.72. The average molecular weight is 414 g/mol. The van der Waals surface area contributed by atoms with Gasteiger partial charge in [-0.1, -0.05) is 26.0 Å². The maximum atomic E-state index is 10.0. The van der Waals surface area contributed by atoms with Crippen LogP contribution < -0.4 is 5.32 Å². The van der Waals surface area contributed by atoms with E-state index in [4.69, 9.17) is 0 Å². The summed E-state index contributed by atoms with van der Waals surface area (Å²) in [5, 5.41) is 24.5. The number of aryl methyl sites for hydroxylation is 1. The second-order valence-electron chi connectivity index (χ2n) is 10.2. The summed E-state index contributed by atoms with van der Waals surface area (Å²) in [6.45, 7) is 7.63. The van der Waals surface area contributed by atoms with Crippen molar-refractivity contribution in [3.8, 4) is 17.2 Å². The van der Waals surface area contributed by atoms with Crippen molar-refractivity contribution in [2.24, 2.45) is 5.41 Å². The lowest BCUT2D eigenvalue weighted by molar-refractivity contribution is 0.111. The predicted octanol–water partition coefficient (Wildman–Crippen LogP) is 5.96. The largest absolute Gasteiger partial charge is 0.393 e. The molecule has 1 aliphatic carbocycles. The molecule has 2 aliphatic rings. The maximum absolute atomic E-state index is 10.0. The highest BCUT2D eigenvalue weighted by Gasteiger charge is 2.29. The van der Waals surface area contributed by atoms with Crippen molar-refractivity contribution < 1.29 is 5.11 Å². The van der Waals surface area contributed by atoms with Crippen LogP contribution in [0.5, 0.6) is 0 Å². The summed E-state index contributed by atoms with van der Waals surface area (Å²) >= 11 is 0. The van der Waals surface area contributed by atoms with E-state index >= 15 is 0 Å². The molecule has 2 N–H and O–H groups in total. The van der Waals surface area contributed by atoms with E-state index in [0.29, 0.717) is 6.04 Å². The molecule has 4 heteroatoms. The van der Waals surface area contributed by atoms with Crippen LogP contribution in [0.25, 0.3) is 22.0 Å². The zero-order valence-electron chi connectivity index (χ0n) is 18.7. The molecule has 0 unspecified atom stereocenters. The zero-order valence-corrected chi connectivity index (χ0v) is 18.7. The molecule has 0 saturated heterocycles. The van der Waals surface area contributed by atoms with E-state index in [1.165, 1.54) is 27.9 Å². The van der Waals surface area contributed by atoms with Crippen LogP contribution >= 0.6 is 0 Å². The summed E-state index contributed by atoms with van der Waals surface area (Å²) in [5.41, 5.74) is 8.26. The van der Waals surface area contributed by atoms with Gasteiger partial charge in [0.25, 0.3) is 0 Å². The fraction of sp³-hybridized carbons (Fsp3) is 0.444. The zero-order chi connectivity index (χ0) is 21.8. The number of hydrogen-bond donors (Lipinski definition) is 2. The van der Waals surface area contributed by atoms with Crippen LogP contribution in [0.4, 0.5) is 5.69 Å². The monoisotopic (exact) mass is 413 g/mol. The van der Waals surface area contributed by atoms with E-state index in [1.807, 2.05) is 6.92 Å². The fourth-order valence-corrected chi connectivity index (χ4v) is 5.44. The predicted molar refractivity (Wildman–Crippen MR) is 126 cm³/mol. The Morgan fingerprint density at radius 3 is 2.65 bits per heavy atom. The molecule has 4 nitrogen and oxygen atoms in total. The second-order valence-corrected chi connectivity index (χ2v) is 10.2. The molecular weight excluding hydrogens is 382 g/mol. The molecule has 2 aromatic carbocycles. The summed E-state index contributed by atoms with van der Waals surface area (Å²) in [6.07, 6.45) is 6.87. The van der Waals surface area contributed by atoms with Gasteiger partial charge < -0.3 is 15.0 Å². The van der Waals surface area contributed by atoms with E-state index in [1.54, 1.807) is 0 Å². The van der Waals surface area contributed by atoms with Gasteiger partial charge in [0.1, 0.15) is 0 Å². The van der Waals surface area contributed by atoms with E-state index in [9.17, 15) is 10.4 Å². The Hall–Kier alpha value is -2.77. The van der Waals surface area contributed by atoms with Gasteiger partial charge in [0.15, 0.2) is 0 Å². The number of nitrogens with one attached hydrogen (secondary N) is 1. The molecule has 1 saturated carbocycles. The van der Waals surface area contributed by atoms with Gasteiger partial charge in [-0.05, 0) is 79.3 Å². The standard InChI is InChI=1S/C27H31N3O/c1-17-11-26-22(12-18(17)14-28)24(15-30(26)19-7-9-20(31)10-8-19)21-5-4-6-25-23(21)13-27(2,3)16-29-25/h4-6,11-12,15,19-20,29,31H,7-10,13,16H2,1-3H3/t19-,20+. The molecule has 3 aromatic rings. The molecule has 0 atom stereocenters. The van der Waals surface area contributed by atoms with Crippen LogP contribution in [0, 0.1) is 23.7 Å². The van der Waals surface area contributed by atoms with Gasteiger partial charge in [-0.15, -0.1) is 0 Å². The molecule has 160 valence electrons. The molecule has 1 aliphatic heterocycles. The summed E-state index contributed by atoms with van der Waals surface area (Å²) in [4.78, 5) is 0. The van der Waals surface area contributed by atoms with Crippen LogP contribution in [0.2, 0.25) is 0 Å². The van der Waals surface area contributed by atoms with Crippen molar-refractivity contribution in [1.29, 1.82) is 5.26 Å². The highest BCUT2D eigenvalue weighted by atomic mass is 16.3. The van der Waals surface area contributed by atoms with Gasteiger partial charge in [-0.3, -0.25) is 0 Å². The van der Waals surface area contributed by atoms with E-state index in [0.717, 1.165) is 55.2 Å². The minimum Gasteiger partial charge on any atom is -0.393 e. The number of aromatic nitrogens is 1. The van der Waals surface area contributed by atoms with Crippen molar-refractivity contribution in [3.63, 3.8) is 0 Å². The van der Waals surface area contributed by atoms with Crippen molar-refractivity contribution in [2.45, 2.75) is 65.0 Å². The van der Waals surface area contributed by atoms with Crippen molar-refractivity contribution >= 4 is 16.6 Å². The Morgan fingerprint density at radius 1 is 1.13 bits per heavy atom. The van der Waals surface area contributed by atoms with Crippen LogP contribution in [0.15, 0.2) is 36.5 Å². The van der Waals surface area contributed by atoms with Gasteiger partial charge in [0.05, 0.1) is 17.7 Å².